The zero-order chi connectivity index (χ0) is 15.8. The van der Waals surface area contributed by atoms with E-state index in [2.05, 4.69) is 15.3 Å². The Balaban J connectivity index is 4.35. The molecular formula is C12H22N4O4. The lowest BCUT2D eigenvalue weighted by Gasteiger charge is -2.24. The van der Waals surface area contributed by atoms with E-state index in [-0.39, 0.29) is 18.9 Å². The molecule has 0 aromatic carbocycles. The molecule has 0 fully saturated rings. The van der Waals surface area contributed by atoms with Crippen LogP contribution < -0.4 is 5.32 Å². The number of carboxylic acids is 1. The van der Waals surface area contributed by atoms with E-state index < -0.39 is 23.7 Å². The first-order chi connectivity index (χ1) is 9.21. The molecule has 0 aliphatic carbocycles. The zero-order valence-electron chi connectivity index (χ0n) is 12.3. The third-order valence-corrected chi connectivity index (χ3v) is 2.38. The van der Waals surface area contributed by atoms with Gasteiger partial charge in [0.25, 0.3) is 0 Å². The zero-order valence-corrected chi connectivity index (χ0v) is 12.3. The summed E-state index contributed by atoms with van der Waals surface area (Å²) in [6, 6.07) is -1.64. The number of nitrogens with zero attached hydrogens (tertiary/aromatic N) is 3. The largest absolute Gasteiger partial charge is 0.481 e. The number of carbonyl (C=O) groups excluding carboxylic acids is 1. The van der Waals surface area contributed by atoms with Crippen LogP contribution in [-0.2, 0) is 14.3 Å². The minimum atomic E-state index is -1.19. The summed E-state index contributed by atoms with van der Waals surface area (Å²) in [7, 11) is 0. The van der Waals surface area contributed by atoms with Crippen molar-refractivity contribution in [1.82, 2.24) is 5.32 Å². The molecule has 0 aromatic rings. The molecule has 20 heavy (non-hydrogen) atoms. The molecule has 0 aromatic heterocycles. The number of azide groups is 1. The molecule has 0 bridgehead atoms. The Labute approximate surface area is 118 Å². The number of hydrogen-bond acceptors (Lipinski definition) is 5. The monoisotopic (exact) mass is 286 g/mol. The maximum atomic E-state index is 11.8. The number of hydrogen-bond donors (Lipinski definition) is 2. The standard InChI is InChI=1S/C12H22N4O4/c1-5-8(11(19)20-12(2,3)4)14-7-6-9(10(17)18)15-16-13/h8-9,14H,5-7H2,1-4H3,(H,17,18). The minimum absolute atomic E-state index is 0.110. The molecule has 0 spiro atoms. The van der Waals surface area contributed by atoms with Gasteiger partial charge in [-0.05, 0) is 45.7 Å². The summed E-state index contributed by atoms with van der Waals surface area (Å²) >= 11 is 0. The lowest BCUT2D eigenvalue weighted by molar-refractivity contribution is -0.157. The predicted octanol–water partition coefficient (Wildman–Crippen LogP) is 1.85. The SMILES string of the molecule is CCC(NCCC(N=[N+]=[N-])C(=O)O)C(=O)OC(C)(C)C. The van der Waals surface area contributed by atoms with Crippen molar-refractivity contribution >= 4 is 11.9 Å². The Morgan fingerprint density at radius 3 is 2.45 bits per heavy atom. The number of nitrogens with one attached hydrogen (secondary N) is 1. The highest BCUT2D eigenvalue weighted by molar-refractivity contribution is 5.76. The van der Waals surface area contributed by atoms with Crippen LogP contribution in [0.15, 0.2) is 5.11 Å². The van der Waals surface area contributed by atoms with Gasteiger partial charge in [-0.1, -0.05) is 12.0 Å². The summed E-state index contributed by atoms with van der Waals surface area (Å²) < 4.78 is 5.24. The van der Waals surface area contributed by atoms with Crippen molar-refractivity contribution < 1.29 is 19.4 Å². The smallest absolute Gasteiger partial charge is 0.323 e. The van der Waals surface area contributed by atoms with Crippen molar-refractivity contribution in [3.63, 3.8) is 0 Å². The van der Waals surface area contributed by atoms with E-state index >= 15 is 0 Å². The first-order valence-electron chi connectivity index (χ1n) is 6.44. The summed E-state index contributed by atoms with van der Waals surface area (Å²) in [6.07, 6.45) is 0.632. The van der Waals surface area contributed by atoms with E-state index in [0.717, 1.165) is 0 Å². The normalized spacial score (nSPS) is 14.0. The van der Waals surface area contributed by atoms with Gasteiger partial charge in [-0.2, -0.15) is 0 Å². The van der Waals surface area contributed by atoms with Gasteiger partial charge in [-0.15, -0.1) is 0 Å². The molecule has 0 aliphatic heterocycles. The molecule has 0 heterocycles. The summed E-state index contributed by atoms with van der Waals surface area (Å²) in [5.74, 6) is -1.56. The molecule has 0 saturated heterocycles. The van der Waals surface area contributed by atoms with Gasteiger partial charge in [0.15, 0.2) is 0 Å². The lowest BCUT2D eigenvalue weighted by atomic mass is 10.1. The predicted molar refractivity (Wildman–Crippen MR) is 73.1 cm³/mol. The molecule has 114 valence electrons. The van der Waals surface area contributed by atoms with Crippen LogP contribution in [0.5, 0.6) is 0 Å². The maximum absolute atomic E-state index is 11.8. The molecule has 0 saturated carbocycles. The van der Waals surface area contributed by atoms with Gasteiger partial charge in [0, 0.05) is 4.91 Å². The Morgan fingerprint density at radius 1 is 1.45 bits per heavy atom. The van der Waals surface area contributed by atoms with Gasteiger partial charge in [-0.25, -0.2) is 0 Å². The number of aliphatic carboxylic acids is 1. The number of carbonyl (C=O) groups is 2. The van der Waals surface area contributed by atoms with Crippen molar-refractivity contribution in [3.05, 3.63) is 10.4 Å². The van der Waals surface area contributed by atoms with Crippen LogP contribution in [0.3, 0.4) is 0 Å². The van der Waals surface area contributed by atoms with Crippen molar-refractivity contribution in [1.29, 1.82) is 0 Å². The van der Waals surface area contributed by atoms with Gasteiger partial charge in [0.2, 0.25) is 0 Å². The third-order valence-electron chi connectivity index (χ3n) is 2.38. The third kappa shape index (κ3) is 7.60. The topological polar surface area (TPSA) is 124 Å². The molecule has 0 amide bonds. The Hall–Kier alpha value is -1.79. The molecule has 2 unspecified atom stereocenters. The molecule has 2 N–H and O–H groups in total. The number of carboxylic acid groups (broad SMARTS) is 1. The fourth-order valence-corrected chi connectivity index (χ4v) is 1.45. The maximum Gasteiger partial charge on any atom is 0.323 e. The van der Waals surface area contributed by atoms with Crippen LogP contribution in [0.1, 0.15) is 40.5 Å². The minimum Gasteiger partial charge on any atom is -0.481 e. The number of esters is 1. The van der Waals surface area contributed by atoms with E-state index in [4.69, 9.17) is 15.4 Å². The van der Waals surface area contributed by atoms with Crippen LogP contribution in [0.2, 0.25) is 0 Å². The van der Waals surface area contributed by atoms with Crippen LogP contribution in [0, 0.1) is 0 Å². The van der Waals surface area contributed by atoms with Crippen LogP contribution in [-0.4, -0.2) is 41.3 Å². The summed E-state index contributed by atoms with van der Waals surface area (Å²) in [5.41, 5.74) is 7.69. The van der Waals surface area contributed by atoms with Gasteiger partial charge >= 0.3 is 11.9 Å². The average molecular weight is 286 g/mol. The number of ether oxygens (including phenoxy) is 1. The van der Waals surface area contributed by atoms with E-state index in [0.29, 0.717) is 6.42 Å². The van der Waals surface area contributed by atoms with Crippen molar-refractivity contribution in [2.45, 2.75) is 58.2 Å². The summed E-state index contributed by atoms with van der Waals surface area (Å²) in [6.45, 7) is 7.40. The van der Waals surface area contributed by atoms with Gasteiger partial charge < -0.3 is 15.2 Å². The Kier molecular flexibility index (Phi) is 7.64. The summed E-state index contributed by atoms with van der Waals surface area (Å²) in [4.78, 5) is 25.1. The molecule has 8 heteroatoms. The van der Waals surface area contributed by atoms with E-state index in [1.165, 1.54) is 0 Å². The van der Waals surface area contributed by atoms with Crippen molar-refractivity contribution in [2.75, 3.05) is 6.54 Å². The highest BCUT2D eigenvalue weighted by Gasteiger charge is 2.24. The van der Waals surface area contributed by atoms with Crippen LogP contribution >= 0.6 is 0 Å². The molecular weight excluding hydrogens is 264 g/mol. The second-order valence-corrected chi connectivity index (χ2v) is 5.30. The van der Waals surface area contributed by atoms with Crippen molar-refractivity contribution in [3.8, 4) is 0 Å². The average Bonchev–Trinajstić information content (AvgIpc) is 2.30. The molecule has 8 nitrogen and oxygen atoms in total. The lowest BCUT2D eigenvalue weighted by Crippen LogP contribution is -2.42. The first-order valence-corrected chi connectivity index (χ1v) is 6.44. The first kappa shape index (κ1) is 18.2. The van der Waals surface area contributed by atoms with Gasteiger partial charge in [0.1, 0.15) is 17.7 Å². The number of rotatable bonds is 8. The molecule has 0 aliphatic rings. The van der Waals surface area contributed by atoms with Gasteiger partial charge in [0.05, 0.1) is 0 Å². The Morgan fingerprint density at radius 2 is 2.05 bits per heavy atom. The van der Waals surface area contributed by atoms with E-state index in [1.807, 2.05) is 6.92 Å². The van der Waals surface area contributed by atoms with E-state index in [1.54, 1.807) is 20.8 Å². The quantitative estimate of drug-likeness (QED) is 0.305. The van der Waals surface area contributed by atoms with Crippen LogP contribution in [0.25, 0.3) is 10.4 Å². The fourth-order valence-electron chi connectivity index (χ4n) is 1.45. The van der Waals surface area contributed by atoms with Gasteiger partial charge in [-0.3, -0.25) is 9.59 Å². The second-order valence-electron chi connectivity index (χ2n) is 5.30. The molecule has 0 radical (unpaired) electrons. The molecule has 0 rings (SSSR count). The van der Waals surface area contributed by atoms with E-state index in [9.17, 15) is 9.59 Å². The summed E-state index contributed by atoms with van der Waals surface area (Å²) in [5, 5.41) is 14.9. The second kappa shape index (κ2) is 8.39. The Bertz CT molecular complexity index is 383. The molecule has 2 atom stereocenters. The fraction of sp³-hybridized carbons (Fsp3) is 0.833. The van der Waals surface area contributed by atoms with Crippen LogP contribution in [0.4, 0.5) is 0 Å². The highest BCUT2D eigenvalue weighted by atomic mass is 16.6. The van der Waals surface area contributed by atoms with Crippen molar-refractivity contribution in [2.24, 2.45) is 5.11 Å². The highest BCUT2D eigenvalue weighted by Crippen LogP contribution is 2.10.